The molecule has 1 aliphatic carbocycles. The maximum absolute atomic E-state index is 14.7. The van der Waals surface area contributed by atoms with Crippen LogP contribution >= 0.6 is 0 Å². The van der Waals surface area contributed by atoms with E-state index in [1.54, 1.807) is 0 Å². The lowest BCUT2D eigenvalue weighted by molar-refractivity contribution is 0.00232. The lowest BCUT2D eigenvalue weighted by atomic mass is 10.0. The second-order valence-electron chi connectivity index (χ2n) is 10.3. The summed E-state index contributed by atoms with van der Waals surface area (Å²) in [5, 5.41) is 5.99. The van der Waals surface area contributed by atoms with Gasteiger partial charge in [0.05, 0.1) is 35.5 Å². The fourth-order valence-corrected chi connectivity index (χ4v) is 5.67. The minimum absolute atomic E-state index is 0.0815. The minimum Gasteiger partial charge on any atom is -0.381 e. The fourth-order valence-electron chi connectivity index (χ4n) is 5.67. The summed E-state index contributed by atoms with van der Waals surface area (Å²) in [6, 6.07) is 3.33. The van der Waals surface area contributed by atoms with Gasteiger partial charge >= 0.3 is 0 Å². The first kappa shape index (κ1) is 25.7. The van der Waals surface area contributed by atoms with E-state index in [0.29, 0.717) is 17.5 Å². The van der Waals surface area contributed by atoms with Crippen molar-refractivity contribution in [2.75, 3.05) is 38.7 Å². The molecule has 200 valence electrons. The first-order valence-electron chi connectivity index (χ1n) is 12.5. The van der Waals surface area contributed by atoms with Crippen molar-refractivity contribution in [2.45, 2.75) is 44.1 Å². The normalized spacial score (nSPS) is 28.1. The van der Waals surface area contributed by atoms with Gasteiger partial charge in [0.25, 0.3) is 17.9 Å². The van der Waals surface area contributed by atoms with Crippen LogP contribution in [-0.2, 0) is 4.74 Å². The molecule has 0 unspecified atom stereocenters. The molecular formula is C26H30F4N4O3. The zero-order chi connectivity index (χ0) is 26.4. The largest absolute Gasteiger partial charge is 0.381 e. The van der Waals surface area contributed by atoms with E-state index in [0.717, 1.165) is 19.2 Å². The number of fused-ring (bicyclic) bond motifs is 1. The van der Waals surface area contributed by atoms with Gasteiger partial charge in [-0.2, -0.15) is 0 Å². The zero-order valence-corrected chi connectivity index (χ0v) is 20.6. The Morgan fingerprint density at radius 1 is 1.19 bits per heavy atom. The molecule has 3 heterocycles. The topological polar surface area (TPSA) is 75.6 Å². The van der Waals surface area contributed by atoms with Crippen LogP contribution in [0.3, 0.4) is 0 Å². The Kier molecular flexibility index (Phi) is 7.01. The third-order valence-electron chi connectivity index (χ3n) is 7.74. The summed E-state index contributed by atoms with van der Waals surface area (Å²) in [5.41, 5.74) is -0.846. The summed E-state index contributed by atoms with van der Waals surface area (Å²) in [4.78, 5) is 28.7. The summed E-state index contributed by atoms with van der Waals surface area (Å²) < 4.78 is 62.1. The highest BCUT2D eigenvalue weighted by Gasteiger charge is 2.55. The van der Waals surface area contributed by atoms with Gasteiger partial charge in [0.1, 0.15) is 12.0 Å². The van der Waals surface area contributed by atoms with Gasteiger partial charge in [0, 0.05) is 43.6 Å². The Morgan fingerprint density at radius 3 is 2.57 bits per heavy atom. The number of nitrogens with one attached hydrogen (secondary N) is 2. The van der Waals surface area contributed by atoms with Gasteiger partial charge in [-0.25, -0.2) is 17.6 Å². The number of halogens is 4. The van der Waals surface area contributed by atoms with Crippen LogP contribution in [-0.4, -0.2) is 60.9 Å². The van der Waals surface area contributed by atoms with Crippen LogP contribution < -0.4 is 16.2 Å². The number of piperidine rings is 1. The highest BCUT2D eigenvalue weighted by molar-refractivity contribution is 5.99. The molecule has 1 aromatic heterocycles. The second-order valence-corrected chi connectivity index (χ2v) is 10.3. The van der Waals surface area contributed by atoms with E-state index < -0.39 is 47.5 Å². The summed E-state index contributed by atoms with van der Waals surface area (Å²) in [5.74, 6) is -0.902. The lowest BCUT2D eigenvalue weighted by Gasteiger charge is -2.29. The van der Waals surface area contributed by atoms with Crippen LogP contribution in [0.25, 0.3) is 0 Å². The average Bonchev–Trinajstić information content (AvgIpc) is 3.29. The number of alkyl halides is 3. The first-order valence-corrected chi connectivity index (χ1v) is 12.5. The number of pyridine rings is 1. The number of hydrogen-bond acceptors (Lipinski definition) is 5. The number of anilines is 1. The minimum atomic E-state index is -2.99. The number of amides is 1. The molecule has 2 N–H and O–H groups in total. The van der Waals surface area contributed by atoms with E-state index in [9.17, 15) is 27.2 Å². The Labute approximate surface area is 211 Å². The lowest BCUT2D eigenvalue weighted by Crippen LogP contribution is -2.38. The van der Waals surface area contributed by atoms with Crippen molar-refractivity contribution in [2.24, 2.45) is 11.8 Å². The first-order chi connectivity index (χ1) is 17.7. The number of hydrogen-bond donors (Lipinski definition) is 2. The standard InChI is InChI=1S/C26H30F4N4O3/c1-13(14-4-3-5-15(23(14)28)25(29)30)31-26(36)18-11-34(21-6-7-37-12-19(21)27)22(35)8-20(18)32-24-16-9-33(2)10-17(16)24/h3-5,8,11,13,16-17,19,21,24-25,32H,6-7,9-10,12H2,1-2H3,(H,31,36)/t13-,16-,17+,19-,21-,24-/m1/s1. The predicted molar refractivity (Wildman–Crippen MR) is 129 cm³/mol. The maximum Gasteiger partial charge on any atom is 0.266 e. The molecule has 1 saturated carbocycles. The van der Waals surface area contributed by atoms with Crippen LogP contribution in [0.2, 0.25) is 0 Å². The quantitative estimate of drug-likeness (QED) is 0.543. The third-order valence-corrected chi connectivity index (χ3v) is 7.74. The Balaban J connectivity index is 1.44. The fraction of sp³-hybridized carbons (Fsp3) is 0.538. The summed E-state index contributed by atoms with van der Waals surface area (Å²) in [6.07, 6.45) is -2.79. The van der Waals surface area contributed by atoms with Crippen molar-refractivity contribution in [1.82, 2.24) is 14.8 Å². The number of nitrogens with zero attached hydrogens (tertiary/aromatic N) is 2. The molecule has 0 radical (unpaired) electrons. The van der Waals surface area contributed by atoms with E-state index in [1.165, 1.54) is 35.9 Å². The molecule has 1 aromatic carbocycles. The number of likely N-dealkylation sites (tertiary alicyclic amines) is 1. The zero-order valence-electron chi connectivity index (χ0n) is 20.6. The monoisotopic (exact) mass is 522 g/mol. The van der Waals surface area contributed by atoms with Crippen molar-refractivity contribution >= 4 is 11.6 Å². The molecule has 7 nitrogen and oxygen atoms in total. The molecule has 6 atom stereocenters. The van der Waals surface area contributed by atoms with E-state index in [2.05, 4.69) is 15.5 Å². The van der Waals surface area contributed by atoms with Gasteiger partial charge in [0.15, 0.2) is 0 Å². The number of aromatic nitrogens is 1. The average molecular weight is 523 g/mol. The van der Waals surface area contributed by atoms with Crippen LogP contribution in [0.15, 0.2) is 35.3 Å². The van der Waals surface area contributed by atoms with Crippen LogP contribution in [0.4, 0.5) is 23.2 Å². The van der Waals surface area contributed by atoms with E-state index in [-0.39, 0.29) is 36.8 Å². The van der Waals surface area contributed by atoms with Crippen molar-refractivity contribution < 1.29 is 27.1 Å². The summed E-state index contributed by atoms with van der Waals surface area (Å²) in [7, 11) is 2.04. The van der Waals surface area contributed by atoms with Crippen molar-refractivity contribution in [3.8, 4) is 0 Å². The summed E-state index contributed by atoms with van der Waals surface area (Å²) in [6.45, 7) is 3.45. The molecule has 2 aromatic rings. The molecule has 3 fully saturated rings. The highest BCUT2D eigenvalue weighted by atomic mass is 19.3. The number of ether oxygens (including phenoxy) is 1. The highest BCUT2D eigenvalue weighted by Crippen LogP contribution is 2.47. The Morgan fingerprint density at radius 2 is 1.89 bits per heavy atom. The molecule has 5 rings (SSSR count). The summed E-state index contributed by atoms with van der Waals surface area (Å²) >= 11 is 0. The molecule has 3 aliphatic rings. The van der Waals surface area contributed by atoms with Crippen LogP contribution in [0.5, 0.6) is 0 Å². The van der Waals surface area contributed by atoms with Gasteiger partial charge in [0.2, 0.25) is 0 Å². The van der Waals surface area contributed by atoms with Gasteiger partial charge in [-0.05, 0) is 32.2 Å². The van der Waals surface area contributed by atoms with Gasteiger partial charge in [-0.1, -0.05) is 18.2 Å². The molecule has 2 aliphatic heterocycles. The van der Waals surface area contributed by atoms with Crippen molar-refractivity contribution in [3.63, 3.8) is 0 Å². The predicted octanol–water partition coefficient (Wildman–Crippen LogP) is 3.69. The van der Waals surface area contributed by atoms with E-state index >= 15 is 0 Å². The maximum atomic E-state index is 14.7. The second kappa shape index (κ2) is 10.1. The molecule has 1 amide bonds. The molecule has 0 spiro atoms. The van der Waals surface area contributed by atoms with Crippen molar-refractivity contribution in [1.29, 1.82) is 0 Å². The molecule has 37 heavy (non-hydrogen) atoms. The van der Waals surface area contributed by atoms with Crippen LogP contribution in [0.1, 0.15) is 53.3 Å². The van der Waals surface area contributed by atoms with Gasteiger partial charge < -0.3 is 24.8 Å². The molecule has 2 saturated heterocycles. The van der Waals surface area contributed by atoms with Gasteiger partial charge in [-0.15, -0.1) is 0 Å². The smallest absolute Gasteiger partial charge is 0.266 e. The molecule has 0 bridgehead atoms. The SMILES string of the molecule is C[C@@H](NC(=O)c1cn([C@@H]2CCOC[C@H]2F)c(=O)cc1N[C@@H]1[C@@H]2CN(C)C[C@@H]21)c1cccc(C(F)F)c1F. The Hall–Kier alpha value is -2.92. The Bertz CT molecular complexity index is 1230. The molecule has 11 heteroatoms. The number of carbonyl (C=O) groups excluding carboxylic acids is 1. The van der Waals surface area contributed by atoms with Gasteiger partial charge in [-0.3, -0.25) is 9.59 Å². The number of carbonyl (C=O) groups is 1. The van der Waals surface area contributed by atoms with Crippen LogP contribution in [0, 0.1) is 17.7 Å². The van der Waals surface area contributed by atoms with E-state index in [1.807, 2.05) is 7.05 Å². The molecular weight excluding hydrogens is 492 g/mol. The van der Waals surface area contributed by atoms with E-state index in [4.69, 9.17) is 4.74 Å². The third kappa shape index (κ3) is 4.98. The van der Waals surface area contributed by atoms with Crippen molar-refractivity contribution in [3.05, 3.63) is 63.3 Å². The number of rotatable bonds is 7. The number of benzene rings is 1.